The van der Waals surface area contributed by atoms with Crippen LogP contribution < -0.4 is 21.9 Å². The van der Waals surface area contributed by atoms with Gasteiger partial charge < -0.3 is 10.6 Å². The number of hydrogen-bond donors (Lipinski definition) is 2. The number of rotatable bonds is 2. The molecular formula is C19H22ClFN4O2. The zero-order valence-corrected chi connectivity index (χ0v) is 15.8. The highest BCUT2D eigenvalue weighted by atomic mass is 35.5. The molecule has 2 heterocycles. The lowest BCUT2D eigenvalue weighted by Gasteiger charge is -2.24. The Bertz CT molecular complexity index is 1070. The molecule has 144 valence electrons. The van der Waals surface area contributed by atoms with Crippen molar-refractivity contribution >= 4 is 29.0 Å². The van der Waals surface area contributed by atoms with Crippen LogP contribution >= 0.6 is 12.4 Å². The maximum atomic E-state index is 15.0. The summed E-state index contributed by atoms with van der Waals surface area (Å²) in [7, 11) is 0. The highest BCUT2D eigenvalue weighted by Gasteiger charge is 2.39. The second-order valence-electron chi connectivity index (χ2n) is 7.78. The van der Waals surface area contributed by atoms with Crippen LogP contribution in [0, 0.1) is 24.6 Å². The summed E-state index contributed by atoms with van der Waals surface area (Å²) in [6.45, 7) is 3.19. The predicted octanol–water partition coefficient (Wildman–Crippen LogP) is 1.84. The van der Waals surface area contributed by atoms with Crippen molar-refractivity contribution in [3.8, 4) is 0 Å². The van der Waals surface area contributed by atoms with E-state index in [0.29, 0.717) is 35.8 Å². The van der Waals surface area contributed by atoms with Gasteiger partial charge in [-0.25, -0.2) is 9.18 Å². The lowest BCUT2D eigenvalue weighted by molar-refractivity contribution is 0.481. The average molecular weight is 393 g/mol. The Morgan fingerprint density at radius 2 is 1.96 bits per heavy atom. The summed E-state index contributed by atoms with van der Waals surface area (Å²) in [4.78, 5) is 29.0. The van der Waals surface area contributed by atoms with Gasteiger partial charge in [-0.05, 0) is 25.8 Å². The van der Waals surface area contributed by atoms with Crippen molar-refractivity contribution in [1.29, 1.82) is 0 Å². The van der Waals surface area contributed by atoms with E-state index in [-0.39, 0.29) is 35.8 Å². The SMILES string of the molecule is Cc1c(N2CC3C=CC(N)C3C2)c(F)cc2c(=O)[nH]c(=O)n(C3CC3)c12.Cl. The number of halogens is 2. The highest BCUT2D eigenvalue weighted by molar-refractivity contribution is 5.87. The van der Waals surface area contributed by atoms with E-state index in [1.54, 1.807) is 4.57 Å². The molecule has 1 saturated carbocycles. The molecule has 1 saturated heterocycles. The van der Waals surface area contributed by atoms with Crippen LogP contribution in [0.4, 0.5) is 10.1 Å². The number of hydrogen-bond acceptors (Lipinski definition) is 4. The van der Waals surface area contributed by atoms with Crippen LogP contribution in [0.1, 0.15) is 24.4 Å². The number of benzene rings is 1. The molecule has 6 nitrogen and oxygen atoms in total. The first-order valence-corrected chi connectivity index (χ1v) is 9.12. The Morgan fingerprint density at radius 1 is 1.22 bits per heavy atom. The number of aryl methyl sites for hydroxylation is 1. The zero-order chi connectivity index (χ0) is 18.2. The van der Waals surface area contributed by atoms with E-state index in [4.69, 9.17) is 5.73 Å². The van der Waals surface area contributed by atoms with Crippen LogP contribution in [0.5, 0.6) is 0 Å². The van der Waals surface area contributed by atoms with Gasteiger partial charge in [-0.2, -0.15) is 0 Å². The Morgan fingerprint density at radius 3 is 2.63 bits per heavy atom. The van der Waals surface area contributed by atoms with E-state index in [0.717, 1.165) is 12.8 Å². The predicted molar refractivity (Wildman–Crippen MR) is 105 cm³/mol. The molecule has 3 aliphatic rings. The van der Waals surface area contributed by atoms with Gasteiger partial charge in [0.15, 0.2) is 0 Å². The van der Waals surface area contributed by atoms with Gasteiger partial charge in [0, 0.05) is 42.6 Å². The van der Waals surface area contributed by atoms with Gasteiger partial charge in [-0.1, -0.05) is 12.2 Å². The molecule has 1 aliphatic heterocycles. The van der Waals surface area contributed by atoms with E-state index < -0.39 is 17.1 Å². The summed E-state index contributed by atoms with van der Waals surface area (Å²) in [5.74, 6) is 0.192. The lowest BCUT2D eigenvalue weighted by atomic mass is 9.97. The highest BCUT2D eigenvalue weighted by Crippen LogP contribution is 2.41. The minimum Gasteiger partial charge on any atom is -0.368 e. The van der Waals surface area contributed by atoms with E-state index in [1.165, 1.54) is 6.07 Å². The largest absolute Gasteiger partial charge is 0.368 e. The van der Waals surface area contributed by atoms with Crippen LogP contribution in [-0.2, 0) is 0 Å². The van der Waals surface area contributed by atoms with Gasteiger partial charge in [0.05, 0.1) is 16.6 Å². The number of anilines is 1. The fraction of sp³-hybridized carbons (Fsp3) is 0.474. The van der Waals surface area contributed by atoms with Crippen LogP contribution in [0.2, 0.25) is 0 Å². The van der Waals surface area contributed by atoms with Gasteiger partial charge in [0.25, 0.3) is 5.56 Å². The fourth-order valence-corrected chi connectivity index (χ4v) is 4.70. The molecule has 3 unspecified atom stereocenters. The third-order valence-electron chi connectivity index (χ3n) is 6.10. The first-order chi connectivity index (χ1) is 12.5. The van der Waals surface area contributed by atoms with Crippen LogP contribution in [0.15, 0.2) is 27.8 Å². The van der Waals surface area contributed by atoms with Crippen LogP contribution in [0.25, 0.3) is 10.9 Å². The molecule has 0 amide bonds. The van der Waals surface area contributed by atoms with E-state index in [1.807, 2.05) is 17.9 Å². The minimum atomic E-state index is -0.529. The minimum absolute atomic E-state index is 0. The second kappa shape index (κ2) is 6.21. The van der Waals surface area contributed by atoms with Crippen molar-refractivity contribution in [3.63, 3.8) is 0 Å². The molecule has 2 aromatic rings. The number of nitrogens with zero attached hydrogens (tertiary/aromatic N) is 2. The maximum absolute atomic E-state index is 15.0. The number of nitrogens with two attached hydrogens (primary N) is 1. The van der Waals surface area contributed by atoms with Crippen LogP contribution in [0.3, 0.4) is 0 Å². The molecule has 0 bridgehead atoms. The molecule has 1 aromatic carbocycles. The number of H-pyrrole nitrogens is 1. The quantitative estimate of drug-likeness (QED) is 0.764. The first-order valence-electron chi connectivity index (χ1n) is 9.12. The number of aromatic amines is 1. The van der Waals surface area contributed by atoms with Gasteiger partial charge in [-0.15, -0.1) is 12.4 Å². The number of nitrogens with one attached hydrogen (secondary N) is 1. The van der Waals surface area contributed by atoms with Crippen molar-refractivity contribution in [3.05, 3.63) is 50.4 Å². The van der Waals surface area contributed by atoms with Gasteiger partial charge >= 0.3 is 5.69 Å². The topological polar surface area (TPSA) is 84.1 Å². The second-order valence-corrected chi connectivity index (χ2v) is 7.78. The normalized spacial score (nSPS) is 26.5. The number of aromatic nitrogens is 2. The molecule has 0 spiro atoms. The monoisotopic (exact) mass is 392 g/mol. The van der Waals surface area contributed by atoms with Gasteiger partial charge in [0.2, 0.25) is 0 Å². The summed E-state index contributed by atoms with van der Waals surface area (Å²) >= 11 is 0. The smallest absolute Gasteiger partial charge is 0.329 e. The molecule has 8 heteroatoms. The third-order valence-corrected chi connectivity index (χ3v) is 6.10. The summed E-state index contributed by atoms with van der Waals surface area (Å²) in [6.07, 6.45) is 5.95. The van der Waals surface area contributed by atoms with Crippen LogP contribution in [-0.4, -0.2) is 28.7 Å². The Hall–Kier alpha value is -2.12. The Balaban J connectivity index is 0.00000180. The van der Waals surface area contributed by atoms with E-state index in [2.05, 4.69) is 11.1 Å². The molecule has 5 rings (SSSR count). The zero-order valence-electron chi connectivity index (χ0n) is 14.9. The Labute approximate surface area is 161 Å². The molecule has 1 aromatic heterocycles. The third kappa shape index (κ3) is 2.63. The molecular weight excluding hydrogens is 371 g/mol. The molecule has 2 fully saturated rings. The molecule has 3 atom stereocenters. The summed E-state index contributed by atoms with van der Waals surface area (Å²) in [5, 5.41) is 0.242. The summed E-state index contributed by atoms with van der Waals surface area (Å²) in [5.41, 5.74) is 6.92. The summed E-state index contributed by atoms with van der Waals surface area (Å²) in [6, 6.07) is 1.37. The number of fused-ring (bicyclic) bond motifs is 2. The molecule has 0 radical (unpaired) electrons. The van der Waals surface area contributed by atoms with Crippen molar-refractivity contribution in [1.82, 2.24) is 9.55 Å². The molecule has 2 aliphatic carbocycles. The molecule has 3 N–H and O–H groups in total. The molecule has 27 heavy (non-hydrogen) atoms. The Kier molecular flexibility index (Phi) is 4.20. The van der Waals surface area contributed by atoms with Crippen molar-refractivity contribution in [2.75, 3.05) is 18.0 Å². The van der Waals surface area contributed by atoms with Crippen molar-refractivity contribution < 1.29 is 4.39 Å². The first kappa shape index (κ1) is 18.3. The maximum Gasteiger partial charge on any atom is 0.329 e. The van der Waals surface area contributed by atoms with Crippen molar-refractivity contribution in [2.24, 2.45) is 17.6 Å². The summed E-state index contributed by atoms with van der Waals surface area (Å²) < 4.78 is 16.6. The fourth-order valence-electron chi connectivity index (χ4n) is 4.70. The standard InChI is InChI=1S/C19H21FN4O2.ClH/c1-9-16-12(18(25)22-19(26)24(16)11-3-4-11)6-14(20)17(9)23-7-10-2-5-15(21)13(10)8-23;/h2,5-6,10-11,13,15H,3-4,7-8,21H2,1H3,(H,22,25,26);1H. The van der Waals surface area contributed by atoms with Gasteiger partial charge in [-0.3, -0.25) is 14.3 Å². The van der Waals surface area contributed by atoms with Crippen molar-refractivity contribution in [2.45, 2.75) is 31.8 Å². The van der Waals surface area contributed by atoms with Gasteiger partial charge in [0.1, 0.15) is 5.82 Å². The average Bonchev–Trinajstić information content (AvgIpc) is 3.24. The lowest BCUT2D eigenvalue weighted by Crippen LogP contribution is -2.32. The van der Waals surface area contributed by atoms with E-state index >= 15 is 4.39 Å². The van der Waals surface area contributed by atoms with E-state index in [9.17, 15) is 9.59 Å².